The van der Waals surface area contributed by atoms with Gasteiger partial charge in [-0.15, -0.1) is 0 Å². The summed E-state index contributed by atoms with van der Waals surface area (Å²) in [7, 11) is 3.41. The Morgan fingerprint density at radius 3 is 2.26 bits per heavy atom. The summed E-state index contributed by atoms with van der Waals surface area (Å²) in [5, 5.41) is 7.70. The van der Waals surface area contributed by atoms with Crippen molar-refractivity contribution in [3.05, 3.63) is 35.5 Å². The van der Waals surface area contributed by atoms with Crippen LogP contribution in [0.2, 0.25) is 0 Å². The van der Waals surface area contributed by atoms with Crippen LogP contribution in [0, 0.1) is 23.2 Å². The molecule has 0 saturated heterocycles. The predicted octanol–water partition coefficient (Wildman–Crippen LogP) is 4.32. The summed E-state index contributed by atoms with van der Waals surface area (Å²) < 4.78 is 11.1. The molecule has 1 heterocycles. The summed E-state index contributed by atoms with van der Waals surface area (Å²) in [6, 6.07) is 5.97. The number of benzene rings is 1. The third-order valence-corrected chi connectivity index (χ3v) is 7.47. The Labute approximate surface area is 166 Å². The van der Waals surface area contributed by atoms with Crippen LogP contribution in [0.25, 0.3) is 0 Å². The Kier molecular flexibility index (Phi) is 4.12. The Bertz CT molecular complexity index is 768. The molecule has 1 atom stereocenters. The lowest BCUT2D eigenvalue weighted by Gasteiger charge is -2.58. The van der Waals surface area contributed by atoms with Gasteiger partial charge in [0.25, 0.3) is 0 Å². The average Bonchev–Trinajstić information content (AvgIpc) is 2.66. The van der Waals surface area contributed by atoms with Gasteiger partial charge in [-0.3, -0.25) is 0 Å². The molecule has 0 spiro atoms. The summed E-state index contributed by atoms with van der Waals surface area (Å²) in [4.78, 5) is 0. The van der Waals surface area contributed by atoms with E-state index in [1.165, 1.54) is 44.2 Å². The molecular formula is C22H28N2O2S. The highest BCUT2D eigenvalue weighted by Crippen LogP contribution is 2.62. The Morgan fingerprint density at radius 1 is 1.00 bits per heavy atom. The van der Waals surface area contributed by atoms with Crippen molar-refractivity contribution in [2.45, 2.75) is 44.6 Å². The number of hydrogen-bond acceptors (Lipinski definition) is 3. The largest absolute Gasteiger partial charge is 0.497 e. The second-order valence-electron chi connectivity index (χ2n) is 8.96. The smallest absolute Gasteiger partial charge is 0.171 e. The first-order chi connectivity index (χ1) is 13.1. The summed E-state index contributed by atoms with van der Waals surface area (Å²) in [5.41, 5.74) is 2.72. The molecule has 4 bridgehead atoms. The van der Waals surface area contributed by atoms with Gasteiger partial charge < -0.3 is 20.1 Å². The van der Waals surface area contributed by atoms with Crippen LogP contribution in [-0.4, -0.2) is 19.3 Å². The predicted molar refractivity (Wildman–Crippen MR) is 110 cm³/mol. The van der Waals surface area contributed by atoms with Gasteiger partial charge in [0.2, 0.25) is 0 Å². The second kappa shape index (κ2) is 6.40. The van der Waals surface area contributed by atoms with Crippen LogP contribution in [0.15, 0.2) is 30.0 Å². The minimum atomic E-state index is 0.00630. The molecule has 1 aliphatic heterocycles. The maximum Gasteiger partial charge on any atom is 0.171 e. The lowest BCUT2D eigenvalue weighted by atomic mass is 9.48. The van der Waals surface area contributed by atoms with Gasteiger partial charge in [-0.05, 0) is 92.8 Å². The molecule has 2 N–H and O–H groups in total. The Hall–Kier alpha value is -1.75. The number of rotatable bonds is 4. The van der Waals surface area contributed by atoms with Gasteiger partial charge in [0.15, 0.2) is 5.11 Å². The molecule has 6 rings (SSSR count). The topological polar surface area (TPSA) is 42.5 Å². The highest BCUT2D eigenvalue weighted by atomic mass is 32.1. The first-order valence-corrected chi connectivity index (χ1v) is 10.5. The number of allylic oxidation sites excluding steroid dienone is 1. The lowest BCUT2D eigenvalue weighted by Crippen LogP contribution is -2.53. The molecule has 0 aromatic heterocycles. The molecule has 0 unspecified atom stereocenters. The number of hydrogen-bond donors (Lipinski definition) is 2. The number of thiocarbonyl (C=S) groups is 1. The molecule has 1 aromatic rings. The van der Waals surface area contributed by atoms with Crippen molar-refractivity contribution in [3.63, 3.8) is 0 Å². The average molecular weight is 385 g/mol. The third kappa shape index (κ3) is 2.91. The van der Waals surface area contributed by atoms with Gasteiger partial charge in [0.05, 0.1) is 20.3 Å². The SMILES string of the molecule is COc1ccc(OC)c([C@H]2C=C(C34CC5CC(CC(C5)C3)C4)NC(=S)N2)c1. The van der Waals surface area contributed by atoms with E-state index in [1.807, 2.05) is 12.1 Å². The number of methoxy groups -OCH3 is 2. The molecule has 4 aliphatic carbocycles. The van der Waals surface area contributed by atoms with E-state index in [-0.39, 0.29) is 6.04 Å². The fourth-order valence-corrected chi connectivity index (χ4v) is 6.79. The molecular weight excluding hydrogens is 356 g/mol. The normalized spacial score (nSPS) is 36.7. The molecule has 4 saturated carbocycles. The zero-order chi connectivity index (χ0) is 18.6. The number of nitrogens with one attached hydrogen (secondary N) is 2. The zero-order valence-electron chi connectivity index (χ0n) is 16.1. The third-order valence-electron chi connectivity index (χ3n) is 7.25. The van der Waals surface area contributed by atoms with Crippen molar-refractivity contribution in [2.75, 3.05) is 14.2 Å². The first kappa shape index (κ1) is 17.4. The van der Waals surface area contributed by atoms with Crippen molar-refractivity contribution < 1.29 is 9.47 Å². The molecule has 5 aliphatic rings. The van der Waals surface area contributed by atoms with E-state index in [4.69, 9.17) is 21.7 Å². The minimum Gasteiger partial charge on any atom is -0.497 e. The molecule has 144 valence electrons. The van der Waals surface area contributed by atoms with Gasteiger partial charge >= 0.3 is 0 Å². The van der Waals surface area contributed by atoms with Crippen LogP contribution in [0.1, 0.15) is 50.1 Å². The lowest BCUT2D eigenvalue weighted by molar-refractivity contribution is -0.0332. The van der Waals surface area contributed by atoms with Gasteiger partial charge in [-0.2, -0.15) is 0 Å². The minimum absolute atomic E-state index is 0.00630. The summed E-state index contributed by atoms with van der Waals surface area (Å²) in [5.74, 6) is 4.42. The van der Waals surface area contributed by atoms with Crippen molar-refractivity contribution in [2.24, 2.45) is 23.2 Å². The monoisotopic (exact) mass is 384 g/mol. The van der Waals surface area contributed by atoms with Gasteiger partial charge in [-0.1, -0.05) is 0 Å². The van der Waals surface area contributed by atoms with Crippen LogP contribution in [-0.2, 0) is 0 Å². The fraction of sp³-hybridized carbons (Fsp3) is 0.591. The summed E-state index contributed by atoms with van der Waals surface area (Å²) in [6.07, 6.45) is 10.7. The standard InChI is InChI=1S/C22H28N2O2S/c1-25-16-3-4-19(26-2)17(8-16)18-9-20(24-21(27)23-18)22-10-13-5-14(11-22)7-15(6-13)12-22/h3-4,8-9,13-15,18H,5-7,10-12H2,1-2H3,(H2,23,24,27)/t13?,14?,15?,18-,22?/m1/s1. The van der Waals surface area contributed by atoms with Crippen molar-refractivity contribution in [3.8, 4) is 11.5 Å². The molecule has 4 nitrogen and oxygen atoms in total. The van der Waals surface area contributed by atoms with E-state index in [1.54, 1.807) is 14.2 Å². The molecule has 5 heteroatoms. The quantitative estimate of drug-likeness (QED) is 0.757. The maximum atomic E-state index is 5.63. The van der Waals surface area contributed by atoms with Crippen LogP contribution in [0.4, 0.5) is 0 Å². The van der Waals surface area contributed by atoms with Crippen LogP contribution in [0.5, 0.6) is 11.5 Å². The highest BCUT2D eigenvalue weighted by molar-refractivity contribution is 7.80. The van der Waals surface area contributed by atoms with Crippen molar-refractivity contribution in [1.29, 1.82) is 0 Å². The fourth-order valence-electron chi connectivity index (χ4n) is 6.55. The van der Waals surface area contributed by atoms with Crippen LogP contribution >= 0.6 is 12.2 Å². The molecule has 0 radical (unpaired) electrons. The molecule has 0 amide bonds. The first-order valence-electron chi connectivity index (χ1n) is 10.1. The molecule has 1 aromatic carbocycles. The number of ether oxygens (including phenoxy) is 2. The molecule has 27 heavy (non-hydrogen) atoms. The molecule has 4 fully saturated rings. The van der Waals surface area contributed by atoms with Crippen LogP contribution < -0.4 is 20.1 Å². The van der Waals surface area contributed by atoms with Crippen molar-refractivity contribution in [1.82, 2.24) is 10.6 Å². The zero-order valence-corrected chi connectivity index (χ0v) is 16.9. The van der Waals surface area contributed by atoms with E-state index in [2.05, 4.69) is 22.8 Å². The van der Waals surface area contributed by atoms with Gasteiger partial charge in [0, 0.05) is 16.7 Å². The Morgan fingerprint density at radius 2 is 1.67 bits per heavy atom. The maximum absolute atomic E-state index is 5.63. The van der Waals surface area contributed by atoms with Gasteiger partial charge in [0.1, 0.15) is 11.5 Å². The van der Waals surface area contributed by atoms with E-state index in [0.29, 0.717) is 5.41 Å². The summed E-state index contributed by atoms with van der Waals surface area (Å²) >= 11 is 5.62. The van der Waals surface area contributed by atoms with E-state index in [0.717, 1.165) is 39.9 Å². The van der Waals surface area contributed by atoms with Crippen LogP contribution in [0.3, 0.4) is 0 Å². The van der Waals surface area contributed by atoms with E-state index >= 15 is 0 Å². The van der Waals surface area contributed by atoms with E-state index in [9.17, 15) is 0 Å². The van der Waals surface area contributed by atoms with Gasteiger partial charge in [-0.25, -0.2) is 0 Å². The summed E-state index contributed by atoms with van der Waals surface area (Å²) in [6.45, 7) is 0. The Balaban J connectivity index is 1.53. The van der Waals surface area contributed by atoms with E-state index < -0.39 is 0 Å². The highest BCUT2D eigenvalue weighted by Gasteiger charge is 2.53. The van der Waals surface area contributed by atoms with Crippen molar-refractivity contribution >= 4 is 17.3 Å². The second-order valence-corrected chi connectivity index (χ2v) is 9.37.